The van der Waals surface area contributed by atoms with E-state index in [9.17, 15) is 23.1 Å². The standard InChI is InChI=1S/C11H13F3N2O2/c1-7(2)16(6-11(12,13)14)10(18)9-8(17)4-3-5-15-9/h3-5,7,17H,6H2,1-2H3. The number of hydrogen-bond donors (Lipinski definition) is 1. The second-order valence-corrected chi connectivity index (χ2v) is 4.01. The number of nitrogens with zero attached hydrogens (tertiary/aromatic N) is 2. The minimum atomic E-state index is -4.50. The number of halogens is 3. The van der Waals surface area contributed by atoms with Crippen LogP contribution in [-0.2, 0) is 0 Å². The number of amides is 1. The van der Waals surface area contributed by atoms with Gasteiger partial charge in [0.2, 0.25) is 0 Å². The van der Waals surface area contributed by atoms with Gasteiger partial charge in [0.05, 0.1) is 0 Å². The van der Waals surface area contributed by atoms with Gasteiger partial charge in [-0.15, -0.1) is 0 Å². The van der Waals surface area contributed by atoms with Gasteiger partial charge in [-0.2, -0.15) is 13.2 Å². The highest BCUT2D eigenvalue weighted by Gasteiger charge is 2.35. The van der Waals surface area contributed by atoms with Crippen molar-refractivity contribution in [1.82, 2.24) is 9.88 Å². The highest BCUT2D eigenvalue weighted by molar-refractivity contribution is 5.95. The van der Waals surface area contributed by atoms with Crippen molar-refractivity contribution in [3.63, 3.8) is 0 Å². The van der Waals surface area contributed by atoms with E-state index in [4.69, 9.17) is 0 Å². The molecular weight excluding hydrogens is 249 g/mol. The van der Waals surface area contributed by atoms with E-state index in [1.807, 2.05) is 0 Å². The molecule has 0 spiro atoms. The summed E-state index contributed by atoms with van der Waals surface area (Å²) in [6.45, 7) is 1.55. The lowest BCUT2D eigenvalue weighted by atomic mass is 10.2. The van der Waals surface area contributed by atoms with Gasteiger partial charge in [-0.05, 0) is 26.0 Å². The lowest BCUT2D eigenvalue weighted by molar-refractivity contribution is -0.143. The van der Waals surface area contributed by atoms with Crippen LogP contribution in [0.5, 0.6) is 5.75 Å². The summed E-state index contributed by atoms with van der Waals surface area (Å²) in [7, 11) is 0. The van der Waals surface area contributed by atoms with Crippen LogP contribution in [0.2, 0.25) is 0 Å². The number of alkyl halides is 3. The summed E-state index contributed by atoms with van der Waals surface area (Å²) in [5.41, 5.74) is -0.379. The lowest BCUT2D eigenvalue weighted by Crippen LogP contribution is -2.43. The number of aromatic hydroxyl groups is 1. The maximum atomic E-state index is 12.4. The molecule has 1 aromatic rings. The zero-order valence-electron chi connectivity index (χ0n) is 9.90. The van der Waals surface area contributed by atoms with Crippen LogP contribution in [0.1, 0.15) is 24.3 Å². The fraction of sp³-hybridized carbons (Fsp3) is 0.455. The molecule has 0 aromatic carbocycles. The molecule has 0 unspecified atom stereocenters. The van der Waals surface area contributed by atoms with E-state index in [0.717, 1.165) is 0 Å². The van der Waals surface area contributed by atoms with E-state index in [2.05, 4.69) is 4.98 Å². The molecule has 0 saturated carbocycles. The summed E-state index contributed by atoms with van der Waals surface area (Å²) in [5.74, 6) is -1.38. The van der Waals surface area contributed by atoms with Gasteiger partial charge in [0.15, 0.2) is 5.69 Å². The lowest BCUT2D eigenvalue weighted by Gasteiger charge is -2.27. The Morgan fingerprint density at radius 3 is 2.56 bits per heavy atom. The molecule has 1 rings (SSSR count). The van der Waals surface area contributed by atoms with Gasteiger partial charge in [0.1, 0.15) is 12.3 Å². The predicted molar refractivity (Wildman–Crippen MR) is 58.1 cm³/mol. The van der Waals surface area contributed by atoms with Crippen molar-refractivity contribution in [3.8, 4) is 5.75 Å². The molecule has 4 nitrogen and oxygen atoms in total. The Morgan fingerprint density at radius 1 is 1.50 bits per heavy atom. The van der Waals surface area contributed by atoms with E-state index >= 15 is 0 Å². The number of carbonyl (C=O) groups is 1. The zero-order chi connectivity index (χ0) is 13.9. The maximum Gasteiger partial charge on any atom is 0.406 e. The first-order chi connectivity index (χ1) is 8.22. The summed E-state index contributed by atoms with van der Waals surface area (Å²) in [6, 6.07) is 1.93. The van der Waals surface area contributed by atoms with E-state index in [0.29, 0.717) is 4.90 Å². The Balaban J connectivity index is 3.01. The molecule has 0 atom stereocenters. The Kier molecular flexibility index (Phi) is 4.15. The van der Waals surface area contributed by atoms with Crippen molar-refractivity contribution in [2.45, 2.75) is 26.1 Å². The first kappa shape index (κ1) is 14.3. The Labute approximate surface area is 102 Å². The summed E-state index contributed by atoms with van der Waals surface area (Å²) in [5, 5.41) is 9.42. The van der Waals surface area contributed by atoms with Gasteiger partial charge in [-0.25, -0.2) is 4.98 Å². The third-order valence-electron chi connectivity index (χ3n) is 2.22. The van der Waals surface area contributed by atoms with Gasteiger partial charge in [-0.1, -0.05) is 0 Å². The van der Waals surface area contributed by atoms with Crippen LogP contribution in [0.25, 0.3) is 0 Å². The van der Waals surface area contributed by atoms with Crippen molar-refractivity contribution < 1.29 is 23.1 Å². The van der Waals surface area contributed by atoms with Crippen LogP contribution in [0.4, 0.5) is 13.2 Å². The van der Waals surface area contributed by atoms with Crippen molar-refractivity contribution in [1.29, 1.82) is 0 Å². The van der Waals surface area contributed by atoms with Gasteiger partial charge in [0, 0.05) is 12.2 Å². The van der Waals surface area contributed by atoms with Gasteiger partial charge in [0.25, 0.3) is 5.91 Å². The quantitative estimate of drug-likeness (QED) is 0.908. The van der Waals surface area contributed by atoms with E-state index < -0.39 is 30.4 Å². The molecule has 0 radical (unpaired) electrons. The van der Waals surface area contributed by atoms with Gasteiger partial charge in [-0.3, -0.25) is 4.79 Å². The van der Waals surface area contributed by atoms with Crippen LogP contribution < -0.4 is 0 Å². The molecule has 100 valence electrons. The Bertz CT molecular complexity index is 433. The van der Waals surface area contributed by atoms with Crippen LogP contribution in [-0.4, -0.2) is 39.7 Å². The van der Waals surface area contributed by atoms with Crippen LogP contribution in [0.15, 0.2) is 18.3 Å². The van der Waals surface area contributed by atoms with Crippen molar-refractivity contribution in [2.75, 3.05) is 6.54 Å². The minimum absolute atomic E-state index is 0.379. The van der Waals surface area contributed by atoms with E-state index in [1.54, 1.807) is 0 Å². The first-order valence-corrected chi connectivity index (χ1v) is 5.24. The van der Waals surface area contributed by atoms with Crippen LogP contribution in [0, 0.1) is 0 Å². The summed E-state index contributed by atoms with van der Waals surface area (Å²) in [6.07, 6.45) is -3.26. The number of hydrogen-bond acceptors (Lipinski definition) is 3. The fourth-order valence-corrected chi connectivity index (χ4v) is 1.38. The molecule has 1 amide bonds. The normalized spacial score (nSPS) is 11.7. The molecule has 0 aliphatic heterocycles. The number of carbonyl (C=O) groups excluding carboxylic acids is 1. The molecule has 7 heteroatoms. The summed E-state index contributed by atoms with van der Waals surface area (Å²) >= 11 is 0. The average molecular weight is 262 g/mol. The molecule has 0 fully saturated rings. The average Bonchev–Trinajstić information content (AvgIpc) is 2.24. The third-order valence-corrected chi connectivity index (χ3v) is 2.22. The molecule has 1 aromatic heterocycles. The number of rotatable bonds is 3. The second-order valence-electron chi connectivity index (χ2n) is 4.01. The van der Waals surface area contributed by atoms with E-state index in [1.165, 1.54) is 32.2 Å². The molecule has 18 heavy (non-hydrogen) atoms. The van der Waals surface area contributed by atoms with Crippen molar-refractivity contribution >= 4 is 5.91 Å². The van der Waals surface area contributed by atoms with Gasteiger partial charge < -0.3 is 10.0 Å². The fourth-order valence-electron chi connectivity index (χ4n) is 1.38. The van der Waals surface area contributed by atoms with Crippen molar-refractivity contribution in [2.24, 2.45) is 0 Å². The molecule has 0 aliphatic carbocycles. The number of pyridine rings is 1. The highest BCUT2D eigenvalue weighted by atomic mass is 19.4. The first-order valence-electron chi connectivity index (χ1n) is 5.24. The van der Waals surface area contributed by atoms with Gasteiger partial charge >= 0.3 is 6.18 Å². The third kappa shape index (κ3) is 3.61. The summed E-state index contributed by atoms with van der Waals surface area (Å²) < 4.78 is 37.1. The largest absolute Gasteiger partial charge is 0.505 e. The predicted octanol–water partition coefficient (Wildman–Crippen LogP) is 2.20. The monoisotopic (exact) mass is 262 g/mol. The molecule has 1 N–H and O–H groups in total. The molecule has 0 bridgehead atoms. The van der Waals surface area contributed by atoms with Crippen LogP contribution in [0.3, 0.4) is 0 Å². The second kappa shape index (κ2) is 5.24. The zero-order valence-corrected chi connectivity index (χ0v) is 9.90. The molecule has 0 aliphatic rings. The SMILES string of the molecule is CC(C)N(CC(F)(F)F)C(=O)c1ncccc1O. The number of aromatic nitrogens is 1. The molecular formula is C11H13F3N2O2. The van der Waals surface area contributed by atoms with Crippen LogP contribution >= 0.6 is 0 Å². The van der Waals surface area contributed by atoms with Crippen molar-refractivity contribution in [3.05, 3.63) is 24.0 Å². The molecule has 0 saturated heterocycles. The summed E-state index contributed by atoms with van der Waals surface area (Å²) in [4.78, 5) is 16.1. The highest BCUT2D eigenvalue weighted by Crippen LogP contribution is 2.22. The smallest absolute Gasteiger partial charge is 0.406 e. The maximum absolute atomic E-state index is 12.4. The Morgan fingerprint density at radius 2 is 2.11 bits per heavy atom. The minimum Gasteiger partial charge on any atom is -0.505 e. The topological polar surface area (TPSA) is 53.4 Å². The van der Waals surface area contributed by atoms with E-state index in [-0.39, 0.29) is 5.69 Å². The molecule has 1 heterocycles. The Hall–Kier alpha value is -1.79.